The molecule has 3 N–H and O–H groups in total. The number of carbonyl (C=O) groups excluding carboxylic acids is 2. The molecule has 0 radical (unpaired) electrons. The van der Waals surface area contributed by atoms with Crippen molar-refractivity contribution in [1.82, 2.24) is 4.98 Å². The second kappa shape index (κ2) is 5.34. The van der Waals surface area contributed by atoms with Crippen LogP contribution in [0.15, 0.2) is 36.5 Å². The van der Waals surface area contributed by atoms with Crippen molar-refractivity contribution >= 4 is 28.7 Å². The predicted octanol–water partition coefficient (Wildman–Crippen LogP) is 1.66. The first-order chi connectivity index (χ1) is 9.08. The molecule has 0 aliphatic carbocycles. The second-order valence-corrected chi connectivity index (χ2v) is 3.99. The van der Waals surface area contributed by atoms with Crippen molar-refractivity contribution in [3.8, 4) is 0 Å². The van der Waals surface area contributed by atoms with Crippen LogP contribution >= 0.6 is 0 Å². The van der Waals surface area contributed by atoms with E-state index in [0.717, 1.165) is 10.9 Å². The van der Waals surface area contributed by atoms with Crippen LogP contribution in [0.1, 0.15) is 6.92 Å². The summed E-state index contributed by atoms with van der Waals surface area (Å²) in [6.07, 6.45) is 0.551. The summed E-state index contributed by atoms with van der Waals surface area (Å²) in [4.78, 5) is 26.3. The maximum Gasteiger partial charge on any atom is 0.412 e. The zero-order valence-corrected chi connectivity index (χ0v) is 10.3. The number of aromatic nitrogens is 1. The molecule has 6 heteroatoms. The Hall–Kier alpha value is -2.63. The summed E-state index contributed by atoms with van der Waals surface area (Å²) >= 11 is 0. The van der Waals surface area contributed by atoms with Gasteiger partial charge in [0.1, 0.15) is 6.04 Å². The van der Waals surface area contributed by atoms with Gasteiger partial charge in [0, 0.05) is 11.6 Å². The molecule has 1 aromatic carbocycles. The number of amides is 1. The Bertz CT molecular complexity index is 622. The molecule has 1 atom stereocenters. The van der Waals surface area contributed by atoms with Gasteiger partial charge in [0.25, 0.3) is 0 Å². The molecule has 2 rings (SSSR count). The van der Waals surface area contributed by atoms with Crippen LogP contribution in [0.3, 0.4) is 0 Å². The van der Waals surface area contributed by atoms with E-state index in [4.69, 9.17) is 5.73 Å². The molecule has 1 amide bonds. The van der Waals surface area contributed by atoms with Gasteiger partial charge in [-0.2, -0.15) is 0 Å². The number of nitrogens with zero attached hydrogens (tertiary/aromatic N) is 1. The Balaban J connectivity index is 2.21. The van der Waals surface area contributed by atoms with Gasteiger partial charge < -0.3 is 15.8 Å². The number of benzene rings is 1. The van der Waals surface area contributed by atoms with Crippen LogP contribution in [0.2, 0.25) is 0 Å². The van der Waals surface area contributed by atoms with Crippen LogP contribution in [-0.4, -0.2) is 23.1 Å². The van der Waals surface area contributed by atoms with Gasteiger partial charge in [0.05, 0.1) is 11.2 Å². The molecular weight excluding hydrogens is 246 g/mol. The Labute approximate surface area is 109 Å². The van der Waals surface area contributed by atoms with Gasteiger partial charge in [0.2, 0.25) is 0 Å². The second-order valence-electron chi connectivity index (χ2n) is 3.99. The number of primary amides is 1. The Kier molecular flexibility index (Phi) is 3.61. The van der Waals surface area contributed by atoms with Crippen molar-refractivity contribution < 1.29 is 14.3 Å². The number of esters is 1. The van der Waals surface area contributed by atoms with Gasteiger partial charge >= 0.3 is 12.1 Å². The lowest BCUT2D eigenvalue weighted by atomic mass is 10.2. The summed E-state index contributed by atoms with van der Waals surface area (Å²) in [5, 5.41) is 3.89. The lowest BCUT2D eigenvalue weighted by Crippen LogP contribution is -2.32. The van der Waals surface area contributed by atoms with E-state index in [1.807, 2.05) is 24.3 Å². The van der Waals surface area contributed by atoms with Gasteiger partial charge in [-0.25, -0.2) is 9.59 Å². The molecule has 0 aliphatic heterocycles. The van der Waals surface area contributed by atoms with Gasteiger partial charge in [-0.15, -0.1) is 0 Å². The number of pyridine rings is 1. The molecule has 6 nitrogen and oxygen atoms in total. The highest BCUT2D eigenvalue weighted by Gasteiger charge is 2.17. The number of anilines is 1. The summed E-state index contributed by atoms with van der Waals surface area (Å²) in [5.74, 6) is -0.736. The molecule has 0 saturated heterocycles. The molecule has 0 unspecified atom stereocenters. The number of nitrogens with one attached hydrogen (secondary N) is 1. The van der Waals surface area contributed by atoms with E-state index in [1.54, 1.807) is 19.2 Å². The Morgan fingerprint density at radius 2 is 2.05 bits per heavy atom. The van der Waals surface area contributed by atoms with Crippen molar-refractivity contribution in [2.75, 3.05) is 5.32 Å². The molecule has 98 valence electrons. The summed E-state index contributed by atoms with van der Waals surface area (Å²) in [6.45, 7) is 1.58. The zero-order chi connectivity index (χ0) is 13.8. The van der Waals surface area contributed by atoms with Crippen LogP contribution in [0, 0.1) is 0 Å². The van der Waals surface area contributed by atoms with E-state index < -0.39 is 18.1 Å². The third-order valence-corrected chi connectivity index (χ3v) is 2.56. The highest BCUT2D eigenvalue weighted by molar-refractivity contribution is 5.93. The van der Waals surface area contributed by atoms with Crippen LogP contribution in [0.4, 0.5) is 10.5 Å². The number of carbonyl (C=O) groups is 2. The number of ether oxygens (including phenoxy) is 1. The first-order valence-corrected chi connectivity index (χ1v) is 5.69. The Morgan fingerprint density at radius 3 is 2.79 bits per heavy atom. The molecule has 0 spiro atoms. The van der Waals surface area contributed by atoms with Crippen molar-refractivity contribution in [3.05, 3.63) is 36.5 Å². The molecule has 0 bridgehead atoms. The molecule has 1 aromatic heterocycles. The fourth-order valence-electron chi connectivity index (χ4n) is 1.70. The highest BCUT2D eigenvalue weighted by Crippen LogP contribution is 2.21. The summed E-state index contributed by atoms with van der Waals surface area (Å²) in [7, 11) is 0. The normalized spacial score (nSPS) is 11.8. The van der Waals surface area contributed by atoms with Crippen molar-refractivity contribution in [2.24, 2.45) is 5.73 Å². The smallest absolute Gasteiger partial charge is 0.375 e. The minimum atomic E-state index is -1.12. The Morgan fingerprint density at radius 1 is 1.32 bits per heavy atom. The first-order valence-electron chi connectivity index (χ1n) is 5.69. The number of fused-ring (bicyclic) bond motifs is 1. The van der Waals surface area contributed by atoms with Gasteiger partial charge in [0.15, 0.2) is 0 Å². The largest absolute Gasteiger partial charge is 0.412 e. The maximum atomic E-state index is 11.5. The average Bonchev–Trinajstić information content (AvgIpc) is 2.38. The highest BCUT2D eigenvalue weighted by atomic mass is 16.6. The standard InChI is InChI=1S/C13H13N3O3/c1-8(12(17)19-13(14)18)16-10-6-2-4-9-5-3-7-15-11(9)10/h2-8,16H,1H3,(H2,14,18)/t8-/m0/s1. The van der Waals surface area contributed by atoms with Crippen molar-refractivity contribution in [1.29, 1.82) is 0 Å². The lowest BCUT2D eigenvalue weighted by molar-refractivity contribution is -0.137. The minimum absolute atomic E-state index is 0.687. The van der Waals surface area contributed by atoms with Gasteiger partial charge in [-0.05, 0) is 19.1 Å². The quantitative estimate of drug-likeness (QED) is 0.645. The molecule has 0 saturated carbocycles. The molecule has 0 fully saturated rings. The molecule has 19 heavy (non-hydrogen) atoms. The van der Waals surface area contributed by atoms with Crippen LogP contribution < -0.4 is 11.1 Å². The zero-order valence-electron chi connectivity index (χ0n) is 10.3. The van der Waals surface area contributed by atoms with E-state index in [1.165, 1.54) is 0 Å². The third kappa shape index (κ3) is 2.98. The SMILES string of the molecule is C[C@H](Nc1cccc2cccnc12)C(=O)OC(N)=O. The number of hydrogen-bond donors (Lipinski definition) is 2. The fraction of sp³-hybridized carbons (Fsp3) is 0.154. The van der Waals surface area contributed by atoms with E-state index in [0.29, 0.717) is 5.69 Å². The number of para-hydroxylation sites is 1. The minimum Gasteiger partial charge on any atom is -0.375 e. The monoisotopic (exact) mass is 259 g/mol. The molecule has 0 aliphatic rings. The third-order valence-electron chi connectivity index (χ3n) is 2.56. The topological polar surface area (TPSA) is 94.3 Å². The van der Waals surface area contributed by atoms with E-state index in [-0.39, 0.29) is 0 Å². The van der Waals surface area contributed by atoms with Gasteiger partial charge in [-0.1, -0.05) is 18.2 Å². The van der Waals surface area contributed by atoms with Crippen LogP contribution in [-0.2, 0) is 9.53 Å². The van der Waals surface area contributed by atoms with Crippen LogP contribution in [0.5, 0.6) is 0 Å². The first kappa shape index (κ1) is 12.8. The van der Waals surface area contributed by atoms with Crippen molar-refractivity contribution in [3.63, 3.8) is 0 Å². The predicted molar refractivity (Wildman–Crippen MR) is 70.5 cm³/mol. The van der Waals surface area contributed by atoms with E-state index in [9.17, 15) is 9.59 Å². The number of rotatable bonds is 3. The van der Waals surface area contributed by atoms with E-state index in [2.05, 4.69) is 15.0 Å². The van der Waals surface area contributed by atoms with E-state index >= 15 is 0 Å². The maximum absolute atomic E-state index is 11.5. The number of hydrogen-bond acceptors (Lipinski definition) is 5. The van der Waals surface area contributed by atoms with Crippen molar-refractivity contribution in [2.45, 2.75) is 13.0 Å². The average molecular weight is 259 g/mol. The fourth-order valence-corrected chi connectivity index (χ4v) is 1.70. The summed E-state index contributed by atoms with van der Waals surface area (Å²) in [6, 6.07) is 8.60. The lowest BCUT2D eigenvalue weighted by Gasteiger charge is -2.14. The molecule has 1 heterocycles. The molecular formula is C13H13N3O3. The number of nitrogens with two attached hydrogens (primary N) is 1. The van der Waals surface area contributed by atoms with Crippen LogP contribution in [0.25, 0.3) is 10.9 Å². The summed E-state index contributed by atoms with van der Waals surface area (Å²) in [5.41, 5.74) is 6.22. The molecule has 2 aromatic rings. The summed E-state index contributed by atoms with van der Waals surface area (Å²) < 4.78 is 4.31. The van der Waals surface area contributed by atoms with Gasteiger partial charge in [-0.3, -0.25) is 4.98 Å².